The van der Waals surface area contributed by atoms with Crippen LogP contribution >= 0.6 is 0 Å². The van der Waals surface area contributed by atoms with Gasteiger partial charge in [0.15, 0.2) is 0 Å². The van der Waals surface area contributed by atoms with Gasteiger partial charge in [0.25, 0.3) is 0 Å². The standard InChI is InChI=1S/C16H19FO2/c17-12-6-4-11-5-7-13(15(18)19)16(14(11)10-12)8-2-1-3-9-16/h4,6,10,13H,1-3,5,7-9H2,(H,18,19). The second kappa shape index (κ2) is 4.62. The van der Waals surface area contributed by atoms with Gasteiger partial charge in [-0.15, -0.1) is 0 Å². The molecular formula is C16H19FO2. The number of carbonyl (C=O) groups is 1. The first kappa shape index (κ1) is 12.6. The molecule has 19 heavy (non-hydrogen) atoms. The van der Waals surface area contributed by atoms with Crippen molar-refractivity contribution >= 4 is 5.97 Å². The van der Waals surface area contributed by atoms with Gasteiger partial charge in [-0.25, -0.2) is 4.39 Å². The van der Waals surface area contributed by atoms with Crippen LogP contribution in [0.15, 0.2) is 18.2 Å². The maximum absolute atomic E-state index is 13.6. The van der Waals surface area contributed by atoms with Crippen LogP contribution in [-0.2, 0) is 16.6 Å². The number of carboxylic acids is 1. The Kier molecular flexibility index (Phi) is 3.08. The Hall–Kier alpha value is -1.38. The summed E-state index contributed by atoms with van der Waals surface area (Å²) in [5.41, 5.74) is 1.81. The van der Waals surface area contributed by atoms with Crippen LogP contribution in [0.1, 0.15) is 49.7 Å². The van der Waals surface area contributed by atoms with Crippen LogP contribution in [0.3, 0.4) is 0 Å². The van der Waals surface area contributed by atoms with Gasteiger partial charge in [-0.1, -0.05) is 25.3 Å². The van der Waals surface area contributed by atoms with E-state index in [1.807, 2.05) is 6.07 Å². The highest BCUT2D eigenvalue weighted by Crippen LogP contribution is 2.50. The summed E-state index contributed by atoms with van der Waals surface area (Å²) in [6.07, 6.45) is 6.50. The number of hydrogen-bond acceptors (Lipinski definition) is 1. The molecular weight excluding hydrogens is 243 g/mol. The van der Waals surface area contributed by atoms with E-state index >= 15 is 0 Å². The maximum atomic E-state index is 13.6. The lowest BCUT2D eigenvalue weighted by atomic mass is 9.57. The highest BCUT2D eigenvalue weighted by atomic mass is 19.1. The molecule has 1 unspecified atom stereocenters. The summed E-state index contributed by atoms with van der Waals surface area (Å²) < 4.78 is 13.6. The van der Waals surface area contributed by atoms with Crippen molar-refractivity contribution in [1.82, 2.24) is 0 Å². The Balaban J connectivity index is 2.13. The van der Waals surface area contributed by atoms with Crippen molar-refractivity contribution in [1.29, 1.82) is 0 Å². The fourth-order valence-corrected chi connectivity index (χ4v) is 4.15. The summed E-state index contributed by atoms with van der Waals surface area (Å²) in [6, 6.07) is 4.94. The average Bonchev–Trinajstić information content (AvgIpc) is 2.40. The molecule has 0 aliphatic heterocycles. The van der Waals surface area contributed by atoms with Crippen LogP contribution in [0.25, 0.3) is 0 Å². The van der Waals surface area contributed by atoms with E-state index in [1.165, 1.54) is 12.5 Å². The smallest absolute Gasteiger partial charge is 0.307 e. The largest absolute Gasteiger partial charge is 0.481 e. The van der Waals surface area contributed by atoms with E-state index in [4.69, 9.17) is 0 Å². The zero-order chi connectivity index (χ0) is 13.5. The Morgan fingerprint density at radius 3 is 2.68 bits per heavy atom. The van der Waals surface area contributed by atoms with E-state index in [0.717, 1.165) is 43.2 Å². The fourth-order valence-electron chi connectivity index (χ4n) is 4.15. The van der Waals surface area contributed by atoms with Gasteiger partial charge in [0.2, 0.25) is 0 Å². The predicted octanol–water partition coefficient (Wildman–Crippen LogP) is 3.67. The average molecular weight is 262 g/mol. The molecule has 1 aromatic rings. The fraction of sp³-hybridized carbons (Fsp3) is 0.562. The molecule has 0 saturated heterocycles. The van der Waals surface area contributed by atoms with E-state index in [0.29, 0.717) is 6.42 Å². The number of fused-ring (bicyclic) bond motifs is 2. The monoisotopic (exact) mass is 262 g/mol. The Bertz CT molecular complexity index is 503. The molecule has 0 heterocycles. The second-order valence-corrected chi connectivity index (χ2v) is 5.95. The third-order valence-electron chi connectivity index (χ3n) is 5.02. The molecule has 2 nitrogen and oxygen atoms in total. The molecule has 1 aromatic carbocycles. The highest BCUT2D eigenvalue weighted by molar-refractivity contribution is 5.73. The Morgan fingerprint density at radius 1 is 1.26 bits per heavy atom. The minimum atomic E-state index is -0.711. The lowest BCUT2D eigenvalue weighted by Gasteiger charge is -2.46. The molecule has 2 aliphatic rings. The third-order valence-corrected chi connectivity index (χ3v) is 5.02. The van der Waals surface area contributed by atoms with Gasteiger partial charge < -0.3 is 5.11 Å². The zero-order valence-corrected chi connectivity index (χ0v) is 11.0. The molecule has 1 fully saturated rings. The molecule has 102 valence electrons. The number of carboxylic acid groups (broad SMARTS) is 1. The highest BCUT2D eigenvalue weighted by Gasteiger charge is 2.48. The van der Waals surface area contributed by atoms with Crippen molar-refractivity contribution in [2.45, 2.75) is 50.4 Å². The molecule has 3 rings (SSSR count). The van der Waals surface area contributed by atoms with E-state index < -0.39 is 5.97 Å². The third kappa shape index (κ3) is 1.96. The number of halogens is 1. The summed E-state index contributed by atoms with van der Waals surface area (Å²) in [4.78, 5) is 11.6. The maximum Gasteiger partial charge on any atom is 0.307 e. The second-order valence-electron chi connectivity index (χ2n) is 5.95. The normalized spacial score (nSPS) is 25.0. The molecule has 1 saturated carbocycles. The molecule has 3 heteroatoms. The molecule has 1 atom stereocenters. The van der Waals surface area contributed by atoms with Crippen molar-refractivity contribution in [2.24, 2.45) is 5.92 Å². The van der Waals surface area contributed by atoms with Crippen molar-refractivity contribution in [3.8, 4) is 0 Å². The minimum Gasteiger partial charge on any atom is -0.481 e. The van der Waals surface area contributed by atoms with Gasteiger partial charge >= 0.3 is 5.97 Å². The number of aliphatic carboxylic acids is 1. The van der Waals surface area contributed by atoms with Crippen LogP contribution < -0.4 is 0 Å². The van der Waals surface area contributed by atoms with E-state index in [2.05, 4.69) is 0 Å². The summed E-state index contributed by atoms with van der Waals surface area (Å²) in [5.74, 6) is -1.30. The van der Waals surface area contributed by atoms with E-state index in [9.17, 15) is 14.3 Å². The van der Waals surface area contributed by atoms with Crippen molar-refractivity contribution in [3.05, 3.63) is 35.1 Å². The number of aryl methyl sites for hydroxylation is 1. The van der Waals surface area contributed by atoms with E-state index in [1.54, 1.807) is 6.07 Å². The molecule has 1 spiro atoms. The first-order valence-electron chi connectivity index (χ1n) is 7.15. The molecule has 0 aromatic heterocycles. The van der Waals surface area contributed by atoms with Gasteiger partial charge in [-0.3, -0.25) is 4.79 Å². The van der Waals surface area contributed by atoms with Gasteiger partial charge in [-0.05, 0) is 48.9 Å². The molecule has 0 amide bonds. The van der Waals surface area contributed by atoms with Crippen molar-refractivity contribution < 1.29 is 14.3 Å². The molecule has 1 N–H and O–H groups in total. The summed E-state index contributed by atoms with van der Waals surface area (Å²) in [5, 5.41) is 9.56. The van der Waals surface area contributed by atoms with Crippen LogP contribution in [0.5, 0.6) is 0 Å². The number of rotatable bonds is 1. The lowest BCUT2D eigenvalue weighted by Crippen LogP contribution is -2.45. The summed E-state index contributed by atoms with van der Waals surface area (Å²) in [7, 11) is 0. The Morgan fingerprint density at radius 2 is 2.00 bits per heavy atom. The van der Waals surface area contributed by atoms with Crippen LogP contribution in [-0.4, -0.2) is 11.1 Å². The van der Waals surface area contributed by atoms with Crippen LogP contribution in [0, 0.1) is 11.7 Å². The first-order chi connectivity index (χ1) is 9.13. The topological polar surface area (TPSA) is 37.3 Å². The molecule has 0 radical (unpaired) electrons. The van der Waals surface area contributed by atoms with Crippen molar-refractivity contribution in [3.63, 3.8) is 0 Å². The van der Waals surface area contributed by atoms with Crippen LogP contribution in [0.4, 0.5) is 4.39 Å². The van der Waals surface area contributed by atoms with Crippen LogP contribution in [0.2, 0.25) is 0 Å². The summed E-state index contributed by atoms with van der Waals surface area (Å²) in [6.45, 7) is 0. The molecule has 2 aliphatic carbocycles. The Labute approximate surface area is 112 Å². The lowest BCUT2D eigenvalue weighted by molar-refractivity contribution is -0.145. The van der Waals surface area contributed by atoms with Gasteiger partial charge in [0, 0.05) is 5.41 Å². The SMILES string of the molecule is O=C(O)C1CCc2ccc(F)cc2C12CCCCC2. The van der Waals surface area contributed by atoms with E-state index in [-0.39, 0.29) is 17.2 Å². The van der Waals surface area contributed by atoms with Gasteiger partial charge in [-0.2, -0.15) is 0 Å². The van der Waals surface area contributed by atoms with Gasteiger partial charge in [0.05, 0.1) is 5.92 Å². The summed E-state index contributed by atoms with van der Waals surface area (Å²) >= 11 is 0. The predicted molar refractivity (Wildman–Crippen MR) is 70.6 cm³/mol. The quantitative estimate of drug-likeness (QED) is 0.838. The molecule has 0 bridgehead atoms. The van der Waals surface area contributed by atoms with Crippen molar-refractivity contribution in [2.75, 3.05) is 0 Å². The van der Waals surface area contributed by atoms with Gasteiger partial charge in [0.1, 0.15) is 5.82 Å². The number of benzene rings is 1. The minimum absolute atomic E-state index is 0.241. The zero-order valence-electron chi connectivity index (χ0n) is 11.0. The first-order valence-corrected chi connectivity index (χ1v) is 7.15. The number of hydrogen-bond donors (Lipinski definition) is 1.